The zero-order valence-corrected chi connectivity index (χ0v) is 14.3. The standard InChI is InChI=1S/C16H25FN4O3/c1-11-18-19-16(24-11)21-9-12(17)7-13(21)10-20(2)15(22)8-14-5-3-4-6-23-14/h12-14H,3-10H2,1-2H3/t12-,13-,14+/m0/s1. The monoisotopic (exact) mass is 340 g/mol. The smallest absolute Gasteiger partial charge is 0.318 e. The number of alkyl halides is 1. The average molecular weight is 340 g/mol. The van der Waals surface area contributed by atoms with Crippen molar-refractivity contribution in [1.82, 2.24) is 15.1 Å². The zero-order valence-electron chi connectivity index (χ0n) is 14.3. The Labute approximate surface area is 141 Å². The van der Waals surface area contributed by atoms with E-state index in [0.717, 1.165) is 25.9 Å². The SMILES string of the molecule is Cc1nnc(N2C[C@@H](F)C[C@H]2CN(C)C(=O)C[C@H]2CCCCO2)o1. The Morgan fingerprint density at radius 1 is 1.42 bits per heavy atom. The van der Waals surface area contributed by atoms with Crippen LogP contribution in [0, 0.1) is 6.92 Å². The van der Waals surface area contributed by atoms with Gasteiger partial charge < -0.3 is 19.0 Å². The molecule has 3 rings (SSSR count). The van der Waals surface area contributed by atoms with E-state index in [2.05, 4.69) is 10.2 Å². The number of likely N-dealkylation sites (N-methyl/N-ethyl adjacent to an activating group) is 1. The first kappa shape index (κ1) is 17.1. The third-order valence-electron chi connectivity index (χ3n) is 4.71. The summed E-state index contributed by atoms with van der Waals surface area (Å²) in [7, 11) is 1.76. The van der Waals surface area contributed by atoms with Gasteiger partial charge in [0.15, 0.2) is 0 Å². The van der Waals surface area contributed by atoms with Gasteiger partial charge in [-0.1, -0.05) is 5.10 Å². The second-order valence-corrected chi connectivity index (χ2v) is 6.71. The van der Waals surface area contributed by atoms with Gasteiger partial charge in [0.2, 0.25) is 11.8 Å². The number of aryl methyl sites for hydroxylation is 1. The summed E-state index contributed by atoms with van der Waals surface area (Å²) in [5.41, 5.74) is 0. The van der Waals surface area contributed by atoms with E-state index >= 15 is 0 Å². The molecule has 2 saturated heterocycles. The molecule has 0 aromatic carbocycles. The molecule has 0 N–H and O–H groups in total. The molecule has 7 nitrogen and oxygen atoms in total. The van der Waals surface area contributed by atoms with Crippen LogP contribution < -0.4 is 4.90 Å². The molecule has 24 heavy (non-hydrogen) atoms. The van der Waals surface area contributed by atoms with E-state index in [4.69, 9.17) is 9.15 Å². The lowest BCUT2D eigenvalue weighted by atomic mass is 10.1. The van der Waals surface area contributed by atoms with Crippen molar-refractivity contribution < 1.29 is 18.3 Å². The molecule has 0 bridgehead atoms. The molecule has 8 heteroatoms. The van der Waals surface area contributed by atoms with Crippen molar-refractivity contribution in [3.63, 3.8) is 0 Å². The van der Waals surface area contributed by atoms with E-state index < -0.39 is 6.17 Å². The summed E-state index contributed by atoms with van der Waals surface area (Å²) in [6, 6.07) is 0.176. The number of halogens is 1. The fraction of sp³-hybridized carbons (Fsp3) is 0.812. The Morgan fingerprint density at radius 2 is 2.25 bits per heavy atom. The van der Waals surface area contributed by atoms with E-state index in [1.54, 1.807) is 23.8 Å². The number of nitrogens with zero attached hydrogens (tertiary/aromatic N) is 4. The summed E-state index contributed by atoms with van der Waals surface area (Å²) in [6.45, 7) is 3.10. The van der Waals surface area contributed by atoms with Crippen LogP contribution in [0.3, 0.4) is 0 Å². The van der Waals surface area contributed by atoms with Crippen molar-refractivity contribution in [3.05, 3.63) is 5.89 Å². The van der Waals surface area contributed by atoms with Gasteiger partial charge in [-0.05, 0) is 19.3 Å². The highest BCUT2D eigenvalue weighted by molar-refractivity contribution is 5.76. The Kier molecular flexibility index (Phi) is 5.33. The highest BCUT2D eigenvalue weighted by Crippen LogP contribution is 2.27. The minimum absolute atomic E-state index is 0.0147. The van der Waals surface area contributed by atoms with Gasteiger partial charge in [-0.2, -0.15) is 0 Å². The number of hydrogen-bond donors (Lipinski definition) is 0. The van der Waals surface area contributed by atoms with Gasteiger partial charge in [0.1, 0.15) is 6.17 Å². The number of amides is 1. The number of aromatic nitrogens is 2. The minimum atomic E-state index is -0.951. The first-order valence-corrected chi connectivity index (χ1v) is 8.59. The normalized spacial score (nSPS) is 27.5. The van der Waals surface area contributed by atoms with E-state index in [1.807, 2.05) is 0 Å². The maximum Gasteiger partial charge on any atom is 0.318 e. The lowest BCUT2D eigenvalue weighted by molar-refractivity contribution is -0.134. The summed E-state index contributed by atoms with van der Waals surface area (Å²) in [5.74, 6) is 0.482. The van der Waals surface area contributed by atoms with Crippen molar-refractivity contribution in [3.8, 4) is 0 Å². The van der Waals surface area contributed by atoms with E-state index in [1.165, 1.54) is 0 Å². The van der Waals surface area contributed by atoms with Gasteiger partial charge >= 0.3 is 6.01 Å². The number of carbonyl (C=O) groups excluding carboxylic acids is 1. The first-order valence-electron chi connectivity index (χ1n) is 8.59. The summed E-state index contributed by atoms with van der Waals surface area (Å²) in [6.07, 6.45) is 2.93. The van der Waals surface area contributed by atoms with Gasteiger partial charge in [-0.3, -0.25) is 4.79 Å². The molecule has 2 aliphatic heterocycles. The summed E-state index contributed by atoms with van der Waals surface area (Å²) in [5, 5.41) is 7.78. The highest BCUT2D eigenvalue weighted by Gasteiger charge is 2.36. The molecule has 0 saturated carbocycles. The summed E-state index contributed by atoms with van der Waals surface area (Å²) >= 11 is 0. The van der Waals surface area contributed by atoms with Crippen LogP contribution in [0.15, 0.2) is 4.42 Å². The van der Waals surface area contributed by atoms with Crippen LogP contribution in [0.2, 0.25) is 0 Å². The van der Waals surface area contributed by atoms with Crippen molar-refractivity contribution in [2.75, 3.05) is 31.6 Å². The molecule has 1 aromatic rings. The largest absolute Gasteiger partial charge is 0.408 e. The molecule has 1 aromatic heterocycles. The molecule has 0 unspecified atom stereocenters. The molecule has 2 aliphatic rings. The van der Waals surface area contributed by atoms with E-state index in [-0.39, 0.29) is 24.6 Å². The number of carbonyl (C=O) groups is 1. The van der Waals surface area contributed by atoms with Gasteiger partial charge in [0.25, 0.3) is 0 Å². The molecule has 3 atom stereocenters. The molecular formula is C16H25FN4O3. The summed E-state index contributed by atoms with van der Waals surface area (Å²) in [4.78, 5) is 15.8. The molecule has 0 radical (unpaired) electrons. The third-order valence-corrected chi connectivity index (χ3v) is 4.71. The van der Waals surface area contributed by atoms with Crippen molar-refractivity contribution in [2.45, 2.75) is 57.3 Å². The number of anilines is 1. The lowest BCUT2D eigenvalue weighted by Gasteiger charge is -2.29. The molecule has 1 amide bonds. The molecule has 0 spiro atoms. The Morgan fingerprint density at radius 3 is 2.92 bits per heavy atom. The predicted molar refractivity (Wildman–Crippen MR) is 85.5 cm³/mol. The van der Waals surface area contributed by atoms with E-state index in [0.29, 0.717) is 31.3 Å². The van der Waals surface area contributed by atoms with Crippen LogP contribution in [-0.4, -0.2) is 66.1 Å². The van der Waals surface area contributed by atoms with Gasteiger partial charge in [0.05, 0.1) is 25.1 Å². The van der Waals surface area contributed by atoms with Gasteiger partial charge in [0, 0.05) is 33.5 Å². The number of ether oxygens (including phenoxy) is 1. The maximum absolute atomic E-state index is 13.9. The second-order valence-electron chi connectivity index (χ2n) is 6.71. The van der Waals surface area contributed by atoms with Crippen LogP contribution in [0.25, 0.3) is 0 Å². The molecular weight excluding hydrogens is 315 g/mol. The molecule has 3 heterocycles. The van der Waals surface area contributed by atoms with Crippen molar-refractivity contribution in [1.29, 1.82) is 0 Å². The average Bonchev–Trinajstić information content (AvgIpc) is 3.14. The van der Waals surface area contributed by atoms with Gasteiger partial charge in [-0.25, -0.2) is 4.39 Å². The predicted octanol–water partition coefficient (Wildman–Crippen LogP) is 1.71. The molecule has 0 aliphatic carbocycles. The Bertz CT molecular complexity index is 561. The first-order chi connectivity index (χ1) is 11.5. The van der Waals surface area contributed by atoms with Gasteiger partial charge in [-0.15, -0.1) is 5.10 Å². The molecule has 2 fully saturated rings. The lowest BCUT2D eigenvalue weighted by Crippen LogP contribution is -2.42. The van der Waals surface area contributed by atoms with Crippen molar-refractivity contribution in [2.24, 2.45) is 0 Å². The van der Waals surface area contributed by atoms with Crippen LogP contribution in [-0.2, 0) is 9.53 Å². The quantitative estimate of drug-likeness (QED) is 0.813. The zero-order chi connectivity index (χ0) is 17.1. The third kappa shape index (κ3) is 4.03. The summed E-state index contributed by atoms with van der Waals surface area (Å²) < 4.78 is 24.9. The van der Waals surface area contributed by atoms with Crippen LogP contribution in [0.4, 0.5) is 10.4 Å². The minimum Gasteiger partial charge on any atom is -0.408 e. The Hall–Kier alpha value is -1.70. The van der Waals surface area contributed by atoms with E-state index in [9.17, 15) is 9.18 Å². The second kappa shape index (κ2) is 7.46. The van der Waals surface area contributed by atoms with Crippen LogP contribution >= 0.6 is 0 Å². The number of rotatable bonds is 5. The fourth-order valence-corrected chi connectivity index (χ4v) is 3.41. The number of hydrogen-bond acceptors (Lipinski definition) is 6. The highest BCUT2D eigenvalue weighted by atomic mass is 19.1. The van der Waals surface area contributed by atoms with Crippen LogP contribution in [0.5, 0.6) is 0 Å². The fourth-order valence-electron chi connectivity index (χ4n) is 3.41. The van der Waals surface area contributed by atoms with Crippen LogP contribution in [0.1, 0.15) is 38.0 Å². The Balaban J connectivity index is 1.57. The molecule has 134 valence electrons. The van der Waals surface area contributed by atoms with Crippen molar-refractivity contribution >= 4 is 11.9 Å². The topological polar surface area (TPSA) is 71.7 Å². The maximum atomic E-state index is 13.9.